The Balaban J connectivity index is 3.98. The summed E-state index contributed by atoms with van der Waals surface area (Å²) in [5.74, 6) is 0.184. The van der Waals surface area contributed by atoms with E-state index in [0.717, 1.165) is 0 Å². The van der Waals surface area contributed by atoms with Gasteiger partial charge in [-0.1, -0.05) is 13.2 Å². The van der Waals surface area contributed by atoms with Crippen LogP contribution < -0.4 is 0 Å². The van der Waals surface area contributed by atoms with Gasteiger partial charge in [0.25, 0.3) is 6.26 Å². The summed E-state index contributed by atoms with van der Waals surface area (Å²) >= 11 is 0. The van der Waals surface area contributed by atoms with Crippen LogP contribution in [0.15, 0.2) is 36.6 Å². The van der Waals surface area contributed by atoms with Gasteiger partial charge in [0.05, 0.1) is 6.07 Å². The largest absolute Gasteiger partial charge is 0.389 e. The van der Waals surface area contributed by atoms with Gasteiger partial charge < -0.3 is 4.74 Å². The van der Waals surface area contributed by atoms with Gasteiger partial charge in [-0.05, 0) is 12.2 Å². The molecule has 0 aliphatic heterocycles. The predicted molar refractivity (Wildman–Crippen MR) is 39.7 cm³/mol. The van der Waals surface area contributed by atoms with E-state index in [2.05, 4.69) is 17.9 Å². The Labute approximate surface area is 65.1 Å². The first kappa shape index (κ1) is 9.00. The van der Waals surface area contributed by atoms with E-state index in [-0.39, 0.29) is 11.3 Å². The van der Waals surface area contributed by atoms with Crippen LogP contribution >= 0.6 is 0 Å². The second-order valence-corrected chi connectivity index (χ2v) is 1.63. The van der Waals surface area contributed by atoms with Crippen LogP contribution in [-0.4, -0.2) is 0 Å². The molecule has 0 spiro atoms. The molecule has 0 radical (unpaired) electrons. The average Bonchev–Trinajstić information content (AvgIpc) is 2.01. The van der Waals surface area contributed by atoms with Crippen LogP contribution in [0.5, 0.6) is 0 Å². The average molecular weight is 146 g/mol. The van der Waals surface area contributed by atoms with Gasteiger partial charge in [0.15, 0.2) is 0 Å². The molecule has 11 heavy (non-hydrogen) atoms. The Kier molecular flexibility index (Phi) is 3.96. The molecule has 0 aromatic carbocycles. The van der Waals surface area contributed by atoms with E-state index in [9.17, 15) is 0 Å². The highest BCUT2D eigenvalue weighted by Gasteiger charge is 1.86. The molecular formula is C8H6N2O. The molecule has 0 fully saturated rings. The van der Waals surface area contributed by atoms with Crippen molar-refractivity contribution in [1.29, 1.82) is 10.5 Å². The van der Waals surface area contributed by atoms with Crippen LogP contribution in [0, 0.1) is 22.8 Å². The number of hydrogen-bond donors (Lipinski definition) is 0. The SMILES string of the molecule is C=C(C#N)/C=C\C(=C)OC#N. The number of nitriles is 2. The summed E-state index contributed by atoms with van der Waals surface area (Å²) in [5.41, 5.74) is 0.285. The molecule has 0 aliphatic carbocycles. The van der Waals surface area contributed by atoms with Crippen molar-refractivity contribution in [2.75, 3.05) is 0 Å². The molecule has 3 nitrogen and oxygen atoms in total. The van der Waals surface area contributed by atoms with Gasteiger partial charge in [-0.15, -0.1) is 5.26 Å². The fourth-order valence-electron chi connectivity index (χ4n) is 0.323. The van der Waals surface area contributed by atoms with Crippen molar-refractivity contribution >= 4 is 0 Å². The first-order valence-corrected chi connectivity index (χ1v) is 2.72. The summed E-state index contributed by atoms with van der Waals surface area (Å²) in [6, 6.07) is 1.80. The van der Waals surface area contributed by atoms with Crippen LogP contribution in [0.25, 0.3) is 0 Å². The molecule has 0 aromatic heterocycles. The van der Waals surface area contributed by atoms with Crippen LogP contribution in [0.3, 0.4) is 0 Å². The Morgan fingerprint density at radius 1 is 1.27 bits per heavy atom. The molecule has 0 atom stereocenters. The molecule has 0 rings (SSSR count). The molecule has 0 saturated carbocycles. The Bertz CT molecular complexity index is 275. The molecule has 54 valence electrons. The van der Waals surface area contributed by atoms with Crippen LogP contribution in [0.4, 0.5) is 0 Å². The fourth-order valence-corrected chi connectivity index (χ4v) is 0.323. The molecule has 0 N–H and O–H groups in total. The lowest BCUT2D eigenvalue weighted by Crippen LogP contribution is -1.76. The van der Waals surface area contributed by atoms with Crippen molar-refractivity contribution in [2.45, 2.75) is 0 Å². The monoisotopic (exact) mass is 146 g/mol. The molecular weight excluding hydrogens is 140 g/mol. The van der Waals surface area contributed by atoms with Crippen molar-refractivity contribution in [1.82, 2.24) is 0 Å². The third-order valence-electron chi connectivity index (χ3n) is 0.791. The van der Waals surface area contributed by atoms with Crippen molar-refractivity contribution in [3.05, 3.63) is 36.6 Å². The van der Waals surface area contributed by atoms with E-state index in [4.69, 9.17) is 10.5 Å². The minimum atomic E-state index is 0.184. The lowest BCUT2D eigenvalue weighted by atomic mass is 10.3. The predicted octanol–water partition coefficient (Wildman–Crippen LogP) is 1.63. The van der Waals surface area contributed by atoms with E-state index >= 15 is 0 Å². The van der Waals surface area contributed by atoms with Crippen molar-refractivity contribution in [3.63, 3.8) is 0 Å². The van der Waals surface area contributed by atoms with Crippen LogP contribution in [0.2, 0.25) is 0 Å². The molecule has 0 heterocycles. The third-order valence-corrected chi connectivity index (χ3v) is 0.791. The van der Waals surface area contributed by atoms with E-state index in [0.29, 0.717) is 0 Å². The third kappa shape index (κ3) is 4.50. The van der Waals surface area contributed by atoms with E-state index in [1.165, 1.54) is 18.4 Å². The highest BCUT2D eigenvalue weighted by Crippen LogP contribution is 1.97. The maximum atomic E-state index is 8.24. The zero-order valence-corrected chi connectivity index (χ0v) is 5.87. The smallest absolute Gasteiger partial charge is 0.292 e. The molecule has 0 bridgehead atoms. The minimum absolute atomic E-state index is 0.184. The van der Waals surface area contributed by atoms with Gasteiger partial charge in [0.2, 0.25) is 0 Å². The quantitative estimate of drug-likeness (QED) is 0.263. The second kappa shape index (κ2) is 4.84. The standard InChI is InChI=1S/C8H6N2O/c1-7(5-9)3-4-8(2)11-6-10/h3-4H,1-2H2/b4-3-. The van der Waals surface area contributed by atoms with E-state index in [1.54, 1.807) is 6.07 Å². The number of ether oxygens (including phenoxy) is 1. The molecule has 3 heteroatoms. The summed E-state index contributed by atoms with van der Waals surface area (Å²) in [7, 11) is 0. The van der Waals surface area contributed by atoms with Crippen molar-refractivity contribution < 1.29 is 4.74 Å². The summed E-state index contributed by atoms with van der Waals surface area (Å²) in [5, 5.41) is 16.2. The Hall–Kier alpha value is -2.00. The van der Waals surface area contributed by atoms with Crippen molar-refractivity contribution in [3.8, 4) is 12.3 Å². The summed E-state index contributed by atoms with van der Waals surface area (Å²) < 4.78 is 4.31. The number of rotatable bonds is 3. The molecule has 0 unspecified atom stereocenters. The number of nitrogens with zero attached hydrogens (tertiary/aromatic N) is 2. The minimum Gasteiger partial charge on any atom is -0.389 e. The van der Waals surface area contributed by atoms with Gasteiger partial charge >= 0.3 is 0 Å². The molecule has 0 aromatic rings. The normalized spacial score (nSPS) is 8.18. The Morgan fingerprint density at radius 3 is 2.36 bits per heavy atom. The zero-order valence-electron chi connectivity index (χ0n) is 5.87. The zero-order chi connectivity index (χ0) is 8.69. The van der Waals surface area contributed by atoms with Gasteiger partial charge in [0.1, 0.15) is 5.76 Å². The van der Waals surface area contributed by atoms with E-state index in [1.807, 2.05) is 0 Å². The summed E-state index contributed by atoms with van der Waals surface area (Å²) in [6.07, 6.45) is 4.26. The van der Waals surface area contributed by atoms with Gasteiger partial charge in [-0.3, -0.25) is 0 Å². The molecule has 0 amide bonds. The Morgan fingerprint density at radius 2 is 1.91 bits per heavy atom. The van der Waals surface area contributed by atoms with Crippen LogP contribution in [0.1, 0.15) is 0 Å². The maximum Gasteiger partial charge on any atom is 0.292 e. The highest BCUT2D eigenvalue weighted by atomic mass is 16.5. The summed E-state index contributed by atoms with van der Waals surface area (Å²) in [6.45, 7) is 6.75. The van der Waals surface area contributed by atoms with E-state index < -0.39 is 0 Å². The lowest BCUT2D eigenvalue weighted by Gasteiger charge is -1.89. The first-order chi connectivity index (χ1) is 5.20. The van der Waals surface area contributed by atoms with Gasteiger partial charge in [-0.25, -0.2) is 0 Å². The number of hydrogen-bond acceptors (Lipinski definition) is 3. The van der Waals surface area contributed by atoms with Crippen molar-refractivity contribution in [2.24, 2.45) is 0 Å². The van der Waals surface area contributed by atoms with Gasteiger partial charge in [0, 0.05) is 5.57 Å². The molecule has 0 aliphatic rings. The highest BCUT2D eigenvalue weighted by molar-refractivity contribution is 5.32. The lowest BCUT2D eigenvalue weighted by molar-refractivity contribution is 0.395. The number of allylic oxidation sites excluding steroid dienone is 3. The first-order valence-electron chi connectivity index (χ1n) is 2.72. The fraction of sp³-hybridized carbons (Fsp3) is 0. The second-order valence-electron chi connectivity index (χ2n) is 1.63. The topological polar surface area (TPSA) is 56.8 Å². The van der Waals surface area contributed by atoms with Crippen LogP contribution in [-0.2, 0) is 4.74 Å². The summed E-state index contributed by atoms with van der Waals surface area (Å²) in [4.78, 5) is 0. The maximum absolute atomic E-state index is 8.24. The van der Waals surface area contributed by atoms with Gasteiger partial charge in [-0.2, -0.15) is 5.26 Å². The molecule has 0 saturated heterocycles.